The second kappa shape index (κ2) is 7.99. The Labute approximate surface area is 150 Å². The first kappa shape index (κ1) is 19.4. The van der Waals surface area contributed by atoms with Gasteiger partial charge in [-0.15, -0.1) is 0 Å². The van der Waals surface area contributed by atoms with Gasteiger partial charge < -0.3 is 27.8 Å². The summed E-state index contributed by atoms with van der Waals surface area (Å²) in [6.07, 6.45) is 0.946. The molecule has 0 aromatic rings. The Morgan fingerprint density at radius 1 is 1.35 bits per heavy atom. The summed E-state index contributed by atoms with van der Waals surface area (Å²) in [4.78, 5) is 44.6. The second-order valence-corrected chi connectivity index (χ2v) is 6.39. The number of nitrogens with zero attached hydrogens (tertiary/aromatic N) is 3. The van der Waals surface area contributed by atoms with Crippen molar-refractivity contribution in [1.82, 2.24) is 15.5 Å². The summed E-state index contributed by atoms with van der Waals surface area (Å²) in [5.74, 6) is -0.411. The maximum atomic E-state index is 12.5. The maximum absolute atomic E-state index is 12.5. The van der Waals surface area contributed by atoms with E-state index in [2.05, 4.69) is 20.6 Å². The number of hydrogen-bond acceptors (Lipinski definition) is 6. The number of nitrogens with one attached hydrogen (secondary N) is 2. The van der Waals surface area contributed by atoms with E-state index in [0.29, 0.717) is 13.0 Å². The molecule has 12 heteroatoms. The fourth-order valence-corrected chi connectivity index (χ4v) is 3.02. The lowest BCUT2D eigenvalue weighted by Crippen LogP contribution is -2.58. The fourth-order valence-electron chi connectivity index (χ4n) is 3.02. The van der Waals surface area contributed by atoms with Gasteiger partial charge in [-0.2, -0.15) is 0 Å². The summed E-state index contributed by atoms with van der Waals surface area (Å²) in [6, 6.07) is -1.66. The molecule has 0 saturated heterocycles. The van der Waals surface area contributed by atoms with Crippen LogP contribution in [0.4, 0.5) is 4.79 Å². The van der Waals surface area contributed by atoms with Gasteiger partial charge in [0.05, 0.1) is 6.54 Å². The lowest BCUT2D eigenvalue weighted by molar-refractivity contribution is -0.138. The van der Waals surface area contributed by atoms with Crippen molar-refractivity contribution in [2.24, 2.45) is 44.8 Å². The van der Waals surface area contributed by atoms with E-state index in [4.69, 9.17) is 22.9 Å². The Hall–Kier alpha value is -2.89. The molecule has 0 radical (unpaired) electrons. The summed E-state index contributed by atoms with van der Waals surface area (Å²) < 4.78 is 0. The molecule has 10 N–H and O–H groups in total. The van der Waals surface area contributed by atoms with E-state index < -0.39 is 18.0 Å². The van der Waals surface area contributed by atoms with E-state index in [1.54, 1.807) is 0 Å². The van der Waals surface area contributed by atoms with Crippen LogP contribution >= 0.6 is 0 Å². The zero-order valence-electron chi connectivity index (χ0n) is 14.5. The number of nitrogens with two attached hydrogens (primary N) is 4. The topological polar surface area (TPSA) is 207 Å². The number of amides is 4. The third-order valence-electron chi connectivity index (χ3n) is 4.63. The largest absolute Gasteiger partial charge is 0.370 e. The van der Waals surface area contributed by atoms with E-state index in [-0.39, 0.29) is 48.7 Å². The van der Waals surface area contributed by atoms with Crippen LogP contribution in [0.1, 0.15) is 12.8 Å². The van der Waals surface area contributed by atoms with E-state index in [9.17, 15) is 14.4 Å². The molecule has 0 bridgehead atoms. The molecule has 12 nitrogen and oxygen atoms in total. The Kier molecular flexibility index (Phi) is 5.97. The van der Waals surface area contributed by atoms with Crippen molar-refractivity contribution >= 4 is 29.8 Å². The maximum Gasteiger partial charge on any atom is 0.318 e. The summed E-state index contributed by atoms with van der Waals surface area (Å²) in [5, 5.41) is 4.59. The van der Waals surface area contributed by atoms with Crippen molar-refractivity contribution < 1.29 is 14.4 Å². The molecule has 1 saturated carbocycles. The summed E-state index contributed by atoms with van der Waals surface area (Å²) >= 11 is 0. The first-order valence-electron chi connectivity index (χ1n) is 8.19. The summed E-state index contributed by atoms with van der Waals surface area (Å²) in [7, 11) is 1.54. The standard InChI is InChI=1S/C14H25N9O3/c1-23(8-5-20-14(21-11(8)25)22-13(18)26)9(24)4-7-6(10(7)15)2-3-19-12(16)17/h6-8,10H,2-5,15H2,1H3,(H4,16,17,19)(H4,18,20,21,22,25,26)/t6-,7?,8?,10+/m1/s1. The van der Waals surface area contributed by atoms with Crippen LogP contribution in [0.25, 0.3) is 0 Å². The number of carbonyl (C=O) groups is 3. The monoisotopic (exact) mass is 367 g/mol. The van der Waals surface area contributed by atoms with Crippen LogP contribution in [-0.2, 0) is 9.59 Å². The molecule has 2 aliphatic rings. The van der Waals surface area contributed by atoms with Crippen molar-refractivity contribution in [2.45, 2.75) is 24.9 Å². The molecule has 1 aliphatic heterocycles. The molecule has 1 fully saturated rings. The highest BCUT2D eigenvalue weighted by atomic mass is 16.2. The molecule has 1 aliphatic carbocycles. The lowest BCUT2D eigenvalue weighted by Gasteiger charge is -2.29. The van der Waals surface area contributed by atoms with Crippen molar-refractivity contribution in [3.63, 3.8) is 0 Å². The minimum absolute atomic E-state index is 0.0244. The molecule has 2 rings (SSSR count). The second-order valence-electron chi connectivity index (χ2n) is 6.39. The fraction of sp³-hybridized carbons (Fsp3) is 0.643. The zero-order valence-corrected chi connectivity index (χ0v) is 14.5. The first-order chi connectivity index (χ1) is 12.2. The number of hydrogen-bond donors (Lipinski definition) is 6. The number of primary amides is 1. The Morgan fingerprint density at radius 3 is 2.62 bits per heavy atom. The van der Waals surface area contributed by atoms with Gasteiger partial charge in [-0.3, -0.25) is 25.2 Å². The van der Waals surface area contributed by atoms with Crippen molar-refractivity contribution in [3.8, 4) is 0 Å². The number of likely N-dealkylation sites (N-methyl/N-ethyl adjacent to an activating group) is 1. The Bertz CT molecular complexity index is 644. The average molecular weight is 367 g/mol. The van der Waals surface area contributed by atoms with Crippen molar-refractivity contribution in [3.05, 3.63) is 0 Å². The summed E-state index contributed by atoms with van der Waals surface area (Å²) in [5.41, 5.74) is 21.5. The number of urea groups is 1. The molecule has 4 amide bonds. The third-order valence-corrected chi connectivity index (χ3v) is 4.63. The normalized spacial score (nSPS) is 27.0. The third kappa shape index (κ3) is 4.81. The van der Waals surface area contributed by atoms with Crippen LogP contribution in [0.15, 0.2) is 9.98 Å². The zero-order chi connectivity index (χ0) is 19.4. The van der Waals surface area contributed by atoms with Crippen molar-refractivity contribution in [2.75, 3.05) is 20.1 Å². The quantitative estimate of drug-likeness (QED) is 0.208. The SMILES string of the molecule is CN(C(=O)CC1[C@@H](N)[C@@H]1CCN=C(N)N)C1CN=C(NC(N)=O)NC1=O. The van der Waals surface area contributed by atoms with Gasteiger partial charge in [0.1, 0.15) is 6.04 Å². The van der Waals surface area contributed by atoms with E-state index >= 15 is 0 Å². The van der Waals surface area contributed by atoms with Gasteiger partial charge in [0.15, 0.2) is 5.96 Å². The molecule has 144 valence electrons. The van der Waals surface area contributed by atoms with Crippen molar-refractivity contribution in [1.29, 1.82) is 0 Å². The highest BCUT2D eigenvalue weighted by Gasteiger charge is 2.48. The van der Waals surface area contributed by atoms with Gasteiger partial charge in [-0.1, -0.05) is 0 Å². The molecular formula is C14H25N9O3. The average Bonchev–Trinajstić information content (AvgIpc) is 3.14. The minimum Gasteiger partial charge on any atom is -0.370 e. The number of carbonyl (C=O) groups excluding carboxylic acids is 3. The predicted molar refractivity (Wildman–Crippen MR) is 94.6 cm³/mol. The van der Waals surface area contributed by atoms with Gasteiger partial charge in [-0.25, -0.2) is 9.79 Å². The van der Waals surface area contributed by atoms with Crippen LogP contribution in [0, 0.1) is 11.8 Å². The molecule has 0 aromatic heterocycles. The Balaban J connectivity index is 1.84. The smallest absolute Gasteiger partial charge is 0.318 e. The predicted octanol–water partition coefficient (Wildman–Crippen LogP) is -3.41. The van der Waals surface area contributed by atoms with Crippen LogP contribution in [-0.4, -0.2) is 66.9 Å². The summed E-state index contributed by atoms with van der Waals surface area (Å²) in [6.45, 7) is 0.505. The van der Waals surface area contributed by atoms with Crippen LogP contribution in [0.5, 0.6) is 0 Å². The van der Waals surface area contributed by atoms with Gasteiger partial charge in [0.2, 0.25) is 11.9 Å². The highest BCUT2D eigenvalue weighted by molar-refractivity contribution is 6.07. The van der Waals surface area contributed by atoms with Gasteiger partial charge >= 0.3 is 6.03 Å². The van der Waals surface area contributed by atoms with E-state index in [0.717, 1.165) is 0 Å². The van der Waals surface area contributed by atoms with Crippen LogP contribution < -0.4 is 33.6 Å². The highest BCUT2D eigenvalue weighted by Crippen LogP contribution is 2.42. The van der Waals surface area contributed by atoms with Gasteiger partial charge in [-0.05, 0) is 18.3 Å². The minimum atomic E-state index is -0.832. The van der Waals surface area contributed by atoms with Crippen LogP contribution in [0.2, 0.25) is 0 Å². The van der Waals surface area contributed by atoms with Crippen LogP contribution in [0.3, 0.4) is 0 Å². The van der Waals surface area contributed by atoms with E-state index in [1.165, 1.54) is 11.9 Å². The Morgan fingerprint density at radius 2 is 2.04 bits per heavy atom. The van der Waals surface area contributed by atoms with Gasteiger partial charge in [0.25, 0.3) is 5.91 Å². The molecule has 26 heavy (non-hydrogen) atoms. The molecular weight excluding hydrogens is 342 g/mol. The molecule has 2 unspecified atom stereocenters. The molecule has 0 aromatic carbocycles. The first-order valence-corrected chi connectivity index (χ1v) is 8.19. The van der Waals surface area contributed by atoms with E-state index in [1.807, 2.05) is 0 Å². The lowest BCUT2D eigenvalue weighted by atomic mass is 10.1. The van der Waals surface area contributed by atoms with Gasteiger partial charge in [0, 0.05) is 26.1 Å². The molecule has 4 atom stereocenters. The molecule has 0 spiro atoms. The molecule has 1 heterocycles. The number of aliphatic imine (C=N–C) groups is 2. The number of rotatable bonds is 6. The number of guanidine groups is 2.